The van der Waals surface area contributed by atoms with Gasteiger partial charge in [0.25, 0.3) is 5.91 Å². The van der Waals surface area contributed by atoms with Crippen LogP contribution in [0.3, 0.4) is 0 Å². The van der Waals surface area contributed by atoms with Crippen LogP contribution in [0, 0.1) is 12.4 Å². The van der Waals surface area contributed by atoms with Gasteiger partial charge < -0.3 is 15.4 Å². The van der Waals surface area contributed by atoms with Crippen LogP contribution >= 0.6 is 0 Å². The van der Waals surface area contributed by atoms with Crippen LogP contribution in [0.4, 0.5) is 10.1 Å². The van der Waals surface area contributed by atoms with Crippen molar-refractivity contribution < 1.29 is 18.7 Å². The summed E-state index contributed by atoms with van der Waals surface area (Å²) in [4.78, 5) is 30.2. The number of halogens is 1. The number of rotatable bonds is 5. The average molecular weight is 433 g/mol. The van der Waals surface area contributed by atoms with Crippen LogP contribution in [-0.2, 0) is 24.3 Å². The second-order valence-corrected chi connectivity index (χ2v) is 7.38. The summed E-state index contributed by atoms with van der Waals surface area (Å²) in [5, 5.41) is 4.52. The summed E-state index contributed by atoms with van der Waals surface area (Å²) in [6.07, 6.45) is 0.181. The minimum Gasteiger partial charge on any atom is -0.494 e. The van der Waals surface area contributed by atoms with Gasteiger partial charge in [0.15, 0.2) is 17.3 Å². The molecule has 0 unspecified atom stereocenters. The normalized spacial score (nSPS) is 12.7. The highest BCUT2D eigenvalue weighted by atomic mass is 19.1. The first-order valence-electron chi connectivity index (χ1n) is 9.89. The maximum absolute atomic E-state index is 13.8. The summed E-state index contributed by atoms with van der Waals surface area (Å²) < 4.78 is 20.5. The van der Waals surface area contributed by atoms with E-state index in [-0.39, 0.29) is 30.2 Å². The number of hydrogen-bond donors (Lipinski definition) is 1. The number of amides is 2. The van der Waals surface area contributed by atoms with Crippen molar-refractivity contribution in [2.75, 3.05) is 13.7 Å². The predicted octanol–water partition coefficient (Wildman–Crippen LogP) is 2.93. The van der Waals surface area contributed by atoms with Gasteiger partial charge in [-0.2, -0.15) is 5.10 Å². The first-order chi connectivity index (χ1) is 15.4. The molecule has 2 heterocycles. The molecular weight excluding hydrogens is 413 g/mol. The molecule has 0 atom stereocenters. The zero-order valence-corrected chi connectivity index (χ0v) is 17.3. The van der Waals surface area contributed by atoms with Gasteiger partial charge in [-0.3, -0.25) is 14.3 Å². The summed E-state index contributed by atoms with van der Waals surface area (Å²) in [6, 6.07) is 11.1. The Kier molecular flexibility index (Phi) is 5.60. The number of nitrogens with zero attached hydrogens (tertiary/aromatic N) is 4. The zero-order chi connectivity index (χ0) is 22.8. The van der Waals surface area contributed by atoms with Crippen LogP contribution in [0.25, 0.3) is 16.1 Å². The molecule has 4 rings (SSSR count). The molecule has 2 N–H and O–H groups in total. The van der Waals surface area contributed by atoms with Gasteiger partial charge in [0.1, 0.15) is 5.69 Å². The van der Waals surface area contributed by atoms with E-state index in [1.54, 1.807) is 33.8 Å². The molecular formula is C23H20FN5O3. The second kappa shape index (κ2) is 8.51. The molecule has 8 nitrogen and oxygen atoms in total. The summed E-state index contributed by atoms with van der Waals surface area (Å²) >= 11 is 0. The monoisotopic (exact) mass is 433 g/mol. The van der Waals surface area contributed by atoms with Crippen molar-refractivity contribution in [3.8, 4) is 17.0 Å². The quantitative estimate of drug-likeness (QED) is 0.626. The van der Waals surface area contributed by atoms with Crippen LogP contribution in [0.2, 0.25) is 0 Å². The molecule has 3 aromatic rings. The fraction of sp³-hybridized carbons (Fsp3) is 0.217. The minimum absolute atomic E-state index is 0.0323. The number of ether oxygens (including phenoxy) is 1. The average Bonchev–Trinajstić information content (AvgIpc) is 3.19. The number of carbonyl (C=O) groups excluding carboxylic acids is 2. The third-order valence-electron chi connectivity index (χ3n) is 5.42. The van der Waals surface area contributed by atoms with Crippen LogP contribution in [0.15, 0.2) is 42.5 Å². The number of aromatic nitrogens is 2. The van der Waals surface area contributed by atoms with E-state index in [0.717, 1.165) is 5.56 Å². The smallest absolute Gasteiger partial charge is 0.252 e. The molecule has 1 aromatic heterocycles. The molecule has 1 aliphatic heterocycles. The van der Waals surface area contributed by atoms with E-state index in [9.17, 15) is 14.0 Å². The number of primary amides is 1. The maximum Gasteiger partial charge on any atom is 0.252 e. The van der Waals surface area contributed by atoms with Gasteiger partial charge in [0.05, 0.1) is 44.4 Å². The van der Waals surface area contributed by atoms with Crippen molar-refractivity contribution in [3.05, 3.63) is 76.5 Å². The second-order valence-electron chi connectivity index (χ2n) is 7.38. The Bertz CT molecular complexity index is 1240. The first-order valence-corrected chi connectivity index (χ1v) is 9.89. The third kappa shape index (κ3) is 3.90. The minimum atomic E-state index is -0.673. The van der Waals surface area contributed by atoms with E-state index < -0.39 is 11.7 Å². The Balaban J connectivity index is 1.62. The van der Waals surface area contributed by atoms with Crippen molar-refractivity contribution in [3.63, 3.8) is 0 Å². The number of carbonyl (C=O) groups is 2. The molecule has 32 heavy (non-hydrogen) atoms. The number of benzene rings is 2. The number of fused-ring (bicyclic) bond motifs is 1. The SMILES string of the molecule is [C-]#[N+]c1ccc(CC(=O)N2CCn3nc(-c4ccc(F)c(OC)c4)c(C(N)=O)c3C2)cc1. The van der Waals surface area contributed by atoms with Crippen LogP contribution in [-0.4, -0.2) is 40.1 Å². The fourth-order valence-corrected chi connectivity index (χ4v) is 3.77. The number of nitrogens with two attached hydrogens (primary N) is 1. The summed E-state index contributed by atoms with van der Waals surface area (Å²) in [7, 11) is 1.36. The highest BCUT2D eigenvalue weighted by Gasteiger charge is 2.29. The molecule has 162 valence electrons. The Hall–Kier alpha value is -4.19. The van der Waals surface area contributed by atoms with Gasteiger partial charge in [-0.05, 0) is 23.8 Å². The lowest BCUT2D eigenvalue weighted by Crippen LogP contribution is -2.40. The molecule has 0 fully saturated rings. The van der Waals surface area contributed by atoms with Gasteiger partial charge in [0, 0.05) is 12.1 Å². The summed E-state index contributed by atoms with van der Waals surface area (Å²) in [6.45, 7) is 8.03. The van der Waals surface area contributed by atoms with E-state index in [4.69, 9.17) is 17.0 Å². The standard InChI is InChI=1S/C23H20FN5O3/c1-26-16-6-3-14(4-7-16)11-20(30)28-9-10-29-18(13-28)21(23(25)31)22(27-29)15-5-8-17(24)19(12-15)32-2/h3-8,12H,9-11,13H2,2H3,(H2,25,31). The molecule has 0 spiro atoms. The van der Waals surface area contributed by atoms with Gasteiger partial charge in [0.2, 0.25) is 5.91 Å². The molecule has 9 heteroatoms. The van der Waals surface area contributed by atoms with Gasteiger partial charge in [-0.25, -0.2) is 9.24 Å². The lowest BCUT2D eigenvalue weighted by molar-refractivity contribution is -0.132. The van der Waals surface area contributed by atoms with Crippen molar-refractivity contribution in [2.24, 2.45) is 5.73 Å². The molecule has 0 saturated heterocycles. The molecule has 1 aliphatic rings. The van der Waals surface area contributed by atoms with Crippen LogP contribution in [0.1, 0.15) is 21.6 Å². The molecule has 2 amide bonds. The lowest BCUT2D eigenvalue weighted by Gasteiger charge is -2.28. The molecule has 0 radical (unpaired) electrons. The van der Waals surface area contributed by atoms with Crippen molar-refractivity contribution in [1.82, 2.24) is 14.7 Å². The summed E-state index contributed by atoms with van der Waals surface area (Å²) in [5.41, 5.74) is 8.55. The van der Waals surface area contributed by atoms with Gasteiger partial charge in [-0.15, -0.1) is 0 Å². The highest BCUT2D eigenvalue weighted by molar-refractivity contribution is 6.00. The van der Waals surface area contributed by atoms with Crippen molar-refractivity contribution in [1.29, 1.82) is 0 Å². The van der Waals surface area contributed by atoms with E-state index in [0.29, 0.717) is 35.7 Å². The van der Waals surface area contributed by atoms with E-state index >= 15 is 0 Å². The largest absolute Gasteiger partial charge is 0.494 e. The predicted molar refractivity (Wildman–Crippen MR) is 115 cm³/mol. The highest BCUT2D eigenvalue weighted by Crippen LogP contribution is 2.31. The van der Waals surface area contributed by atoms with Crippen LogP contribution in [0.5, 0.6) is 5.75 Å². The van der Waals surface area contributed by atoms with Gasteiger partial charge in [-0.1, -0.05) is 24.3 Å². The fourth-order valence-electron chi connectivity index (χ4n) is 3.77. The van der Waals surface area contributed by atoms with E-state index in [1.165, 1.54) is 25.3 Å². The Labute approximate surface area is 183 Å². The zero-order valence-electron chi connectivity index (χ0n) is 17.3. The van der Waals surface area contributed by atoms with Crippen molar-refractivity contribution >= 4 is 17.5 Å². The first kappa shape index (κ1) is 21.1. The Morgan fingerprint density at radius 3 is 2.62 bits per heavy atom. The van der Waals surface area contributed by atoms with E-state index in [1.807, 2.05) is 0 Å². The third-order valence-corrected chi connectivity index (χ3v) is 5.42. The molecule has 0 aliphatic carbocycles. The Morgan fingerprint density at radius 2 is 1.97 bits per heavy atom. The number of hydrogen-bond acceptors (Lipinski definition) is 4. The lowest BCUT2D eigenvalue weighted by atomic mass is 10.0. The van der Waals surface area contributed by atoms with Crippen molar-refractivity contribution in [2.45, 2.75) is 19.5 Å². The van der Waals surface area contributed by atoms with Gasteiger partial charge >= 0.3 is 0 Å². The summed E-state index contributed by atoms with van der Waals surface area (Å²) in [5.74, 6) is -1.27. The van der Waals surface area contributed by atoms with E-state index in [2.05, 4.69) is 9.94 Å². The molecule has 0 bridgehead atoms. The maximum atomic E-state index is 13.8. The Morgan fingerprint density at radius 1 is 1.22 bits per heavy atom. The number of methoxy groups -OCH3 is 1. The topological polar surface area (TPSA) is 94.8 Å². The molecule has 0 saturated carbocycles. The van der Waals surface area contributed by atoms with Crippen LogP contribution < -0.4 is 10.5 Å². The molecule has 2 aromatic carbocycles.